The third kappa shape index (κ3) is 4.71. The molecule has 9 heteroatoms. The largest absolute Gasteiger partial charge is 0.352 e. The minimum atomic E-state index is -3.52. The number of sulfonamides is 1. The van der Waals surface area contributed by atoms with Gasteiger partial charge in [-0.1, -0.05) is 13.8 Å². The van der Waals surface area contributed by atoms with Crippen molar-refractivity contribution in [3.05, 3.63) is 24.3 Å². The summed E-state index contributed by atoms with van der Waals surface area (Å²) in [6.45, 7) is 4.05. The molecule has 1 aromatic carbocycles. The Labute approximate surface area is 129 Å². The van der Waals surface area contributed by atoms with Crippen LogP contribution in [0.4, 0.5) is 10.5 Å². The predicted octanol–water partition coefficient (Wildman–Crippen LogP) is 0.324. The first-order valence-electron chi connectivity index (χ1n) is 6.74. The van der Waals surface area contributed by atoms with Crippen molar-refractivity contribution in [2.75, 3.05) is 25.0 Å². The van der Waals surface area contributed by atoms with Crippen LogP contribution < -0.4 is 16.4 Å². The molecule has 1 aromatic rings. The maximum absolute atomic E-state index is 12.3. The lowest BCUT2D eigenvalue weighted by molar-refractivity contribution is -0.115. The second-order valence-corrected chi connectivity index (χ2v) is 6.32. The molecule has 0 bridgehead atoms. The molecule has 3 amide bonds. The predicted molar refractivity (Wildman–Crippen MR) is 82.8 cm³/mol. The molecular weight excluding hydrogens is 308 g/mol. The molecule has 4 N–H and O–H groups in total. The molecule has 0 radical (unpaired) electrons. The molecule has 122 valence electrons. The van der Waals surface area contributed by atoms with Gasteiger partial charge in [0.05, 0.1) is 11.4 Å². The van der Waals surface area contributed by atoms with Gasteiger partial charge in [0.2, 0.25) is 15.9 Å². The van der Waals surface area contributed by atoms with Crippen LogP contribution in [0.3, 0.4) is 0 Å². The van der Waals surface area contributed by atoms with E-state index in [1.807, 2.05) is 0 Å². The van der Waals surface area contributed by atoms with Gasteiger partial charge in [0, 0.05) is 18.8 Å². The zero-order valence-electron chi connectivity index (χ0n) is 12.5. The molecule has 1 rings (SSSR count). The Morgan fingerprint density at radius 3 is 2.14 bits per heavy atom. The number of nitrogens with one attached hydrogen (secondary N) is 2. The summed E-state index contributed by atoms with van der Waals surface area (Å²) in [5.74, 6) is -0.460. The number of rotatable bonds is 7. The highest BCUT2D eigenvalue weighted by atomic mass is 32.2. The average Bonchev–Trinajstić information content (AvgIpc) is 2.46. The third-order valence-corrected chi connectivity index (χ3v) is 4.97. The van der Waals surface area contributed by atoms with Crippen LogP contribution in [0, 0.1) is 0 Å². The molecular formula is C13H20N4O4S. The van der Waals surface area contributed by atoms with Crippen LogP contribution in [0.2, 0.25) is 0 Å². The lowest BCUT2D eigenvalue weighted by Crippen LogP contribution is -2.36. The van der Waals surface area contributed by atoms with E-state index in [4.69, 9.17) is 5.73 Å². The molecule has 0 aliphatic carbocycles. The Morgan fingerprint density at radius 1 is 1.14 bits per heavy atom. The van der Waals surface area contributed by atoms with E-state index in [0.29, 0.717) is 18.8 Å². The van der Waals surface area contributed by atoms with Gasteiger partial charge in [-0.15, -0.1) is 0 Å². The van der Waals surface area contributed by atoms with Crippen molar-refractivity contribution in [1.29, 1.82) is 0 Å². The van der Waals surface area contributed by atoms with Crippen LogP contribution in [-0.4, -0.2) is 44.3 Å². The minimum absolute atomic E-state index is 0.157. The number of carbonyl (C=O) groups excluding carboxylic acids is 2. The fraction of sp³-hybridized carbons (Fsp3) is 0.385. The zero-order valence-corrected chi connectivity index (χ0v) is 13.3. The SMILES string of the molecule is CCN(CC)S(=O)(=O)c1ccc(NC(=O)CNC(N)=O)cc1. The van der Waals surface area contributed by atoms with Crippen molar-refractivity contribution < 1.29 is 18.0 Å². The minimum Gasteiger partial charge on any atom is -0.352 e. The van der Waals surface area contributed by atoms with Gasteiger partial charge in [0.25, 0.3) is 0 Å². The third-order valence-electron chi connectivity index (χ3n) is 2.90. The number of urea groups is 1. The molecule has 0 saturated heterocycles. The van der Waals surface area contributed by atoms with Crippen molar-refractivity contribution in [3.8, 4) is 0 Å². The van der Waals surface area contributed by atoms with Crippen LogP contribution in [0.1, 0.15) is 13.8 Å². The van der Waals surface area contributed by atoms with Gasteiger partial charge in [-0.05, 0) is 24.3 Å². The van der Waals surface area contributed by atoms with Crippen LogP contribution in [0.5, 0.6) is 0 Å². The van der Waals surface area contributed by atoms with Gasteiger partial charge in [0.15, 0.2) is 0 Å². The monoisotopic (exact) mass is 328 g/mol. The fourth-order valence-electron chi connectivity index (χ4n) is 1.80. The number of hydrogen-bond acceptors (Lipinski definition) is 4. The molecule has 22 heavy (non-hydrogen) atoms. The smallest absolute Gasteiger partial charge is 0.312 e. The first kappa shape index (κ1) is 17.9. The van der Waals surface area contributed by atoms with Gasteiger partial charge >= 0.3 is 6.03 Å². The van der Waals surface area contributed by atoms with Crippen LogP contribution in [0.15, 0.2) is 29.2 Å². The van der Waals surface area contributed by atoms with Crippen molar-refractivity contribution in [2.45, 2.75) is 18.7 Å². The Kier molecular flexibility index (Phi) is 6.32. The zero-order chi connectivity index (χ0) is 16.8. The van der Waals surface area contributed by atoms with E-state index in [1.165, 1.54) is 28.6 Å². The molecule has 0 atom stereocenters. The normalized spacial score (nSPS) is 11.2. The number of amides is 3. The topological polar surface area (TPSA) is 122 Å². The maximum atomic E-state index is 12.3. The van der Waals surface area contributed by atoms with Gasteiger partial charge < -0.3 is 16.4 Å². The number of nitrogens with zero attached hydrogens (tertiary/aromatic N) is 1. The van der Waals surface area contributed by atoms with E-state index in [-0.39, 0.29) is 11.4 Å². The number of benzene rings is 1. The van der Waals surface area contributed by atoms with Gasteiger partial charge in [0.1, 0.15) is 0 Å². The summed E-state index contributed by atoms with van der Waals surface area (Å²) in [5.41, 5.74) is 5.28. The second-order valence-electron chi connectivity index (χ2n) is 4.38. The highest BCUT2D eigenvalue weighted by Gasteiger charge is 2.21. The molecule has 0 heterocycles. The highest BCUT2D eigenvalue weighted by molar-refractivity contribution is 7.89. The van der Waals surface area contributed by atoms with Crippen molar-refractivity contribution >= 4 is 27.6 Å². The maximum Gasteiger partial charge on any atom is 0.312 e. The molecule has 8 nitrogen and oxygen atoms in total. The lowest BCUT2D eigenvalue weighted by atomic mass is 10.3. The molecule has 0 unspecified atom stereocenters. The Morgan fingerprint density at radius 2 is 1.68 bits per heavy atom. The van der Waals surface area contributed by atoms with Gasteiger partial charge in [-0.2, -0.15) is 4.31 Å². The van der Waals surface area contributed by atoms with Crippen molar-refractivity contribution in [1.82, 2.24) is 9.62 Å². The fourth-order valence-corrected chi connectivity index (χ4v) is 3.25. The number of nitrogens with two attached hydrogens (primary N) is 1. The molecule has 0 spiro atoms. The van der Waals surface area contributed by atoms with Crippen molar-refractivity contribution in [2.24, 2.45) is 5.73 Å². The summed E-state index contributed by atoms with van der Waals surface area (Å²) in [6, 6.07) is 5.02. The summed E-state index contributed by atoms with van der Waals surface area (Å²) in [6.07, 6.45) is 0. The highest BCUT2D eigenvalue weighted by Crippen LogP contribution is 2.18. The van der Waals surface area contributed by atoms with E-state index >= 15 is 0 Å². The first-order chi connectivity index (χ1) is 10.3. The van der Waals surface area contributed by atoms with Crippen molar-refractivity contribution in [3.63, 3.8) is 0 Å². The first-order valence-corrected chi connectivity index (χ1v) is 8.18. The number of primary amides is 1. The molecule has 0 aliphatic heterocycles. The summed E-state index contributed by atoms with van der Waals surface area (Å²) < 4.78 is 25.9. The number of anilines is 1. The summed E-state index contributed by atoms with van der Waals surface area (Å²) >= 11 is 0. The Hall–Kier alpha value is -2.13. The van der Waals surface area contributed by atoms with E-state index in [1.54, 1.807) is 13.8 Å². The second kappa shape index (κ2) is 7.76. The quantitative estimate of drug-likeness (QED) is 0.667. The molecule has 0 aliphatic rings. The van der Waals surface area contributed by atoms with Crippen LogP contribution in [-0.2, 0) is 14.8 Å². The van der Waals surface area contributed by atoms with Gasteiger partial charge in [-0.25, -0.2) is 13.2 Å². The Balaban J connectivity index is 2.79. The van der Waals surface area contributed by atoms with E-state index in [0.717, 1.165) is 0 Å². The summed E-state index contributed by atoms with van der Waals surface area (Å²) in [5, 5.41) is 4.67. The van der Waals surface area contributed by atoms with Gasteiger partial charge in [-0.3, -0.25) is 4.79 Å². The summed E-state index contributed by atoms with van der Waals surface area (Å²) in [7, 11) is -3.52. The van der Waals surface area contributed by atoms with E-state index in [9.17, 15) is 18.0 Å². The van der Waals surface area contributed by atoms with Crippen LogP contribution >= 0.6 is 0 Å². The Bertz CT molecular complexity index is 624. The summed E-state index contributed by atoms with van der Waals surface area (Å²) in [4.78, 5) is 22.1. The molecule has 0 fully saturated rings. The number of hydrogen-bond donors (Lipinski definition) is 3. The molecule has 0 saturated carbocycles. The van der Waals surface area contributed by atoms with Crippen LogP contribution in [0.25, 0.3) is 0 Å². The molecule has 0 aromatic heterocycles. The van der Waals surface area contributed by atoms with E-state index < -0.39 is 22.0 Å². The number of carbonyl (C=O) groups is 2. The lowest BCUT2D eigenvalue weighted by Gasteiger charge is -2.18. The van der Waals surface area contributed by atoms with E-state index in [2.05, 4.69) is 10.6 Å². The standard InChI is InChI=1S/C13H20N4O4S/c1-3-17(4-2)22(20,21)11-7-5-10(6-8-11)16-12(18)9-15-13(14)19/h5-8H,3-4,9H2,1-2H3,(H,16,18)(H3,14,15,19). The average molecular weight is 328 g/mol.